The van der Waals surface area contributed by atoms with Gasteiger partial charge in [-0.2, -0.15) is 13.2 Å². The maximum atomic E-state index is 14.9. The topological polar surface area (TPSA) is 109 Å². The minimum atomic E-state index is -5.19. The molecule has 1 atom stereocenters. The Morgan fingerprint density at radius 1 is 1.13 bits per heavy atom. The summed E-state index contributed by atoms with van der Waals surface area (Å²) in [6.45, 7) is 0. The number of carbonyl (C=O) groups is 1. The summed E-state index contributed by atoms with van der Waals surface area (Å²) in [6.07, 6.45) is -4.50. The monoisotopic (exact) mass is 572 g/mol. The third-order valence-corrected chi connectivity index (χ3v) is 6.22. The van der Waals surface area contributed by atoms with Gasteiger partial charge < -0.3 is 18.9 Å². The normalized spacial score (nSPS) is 14.4. The predicted molar refractivity (Wildman–Crippen MR) is 129 cm³/mol. The second-order valence-electron chi connectivity index (χ2n) is 8.53. The van der Waals surface area contributed by atoms with Crippen molar-refractivity contribution in [1.82, 2.24) is 9.55 Å². The van der Waals surface area contributed by atoms with E-state index in [-0.39, 0.29) is 32.9 Å². The average Bonchev–Trinajstić information content (AvgIpc) is 2.84. The zero-order chi connectivity index (χ0) is 28.5. The van der Waals surface area contributed by atoms with E-state index in [9.17, 15) is 31.9 Å². The number of nitrogens with one attached hydrogen (secondary N) is 1. The van der Waals surface area contributed by atoms with Crippen LogP contribution in [0.1, 0.15) is 25.0 Å². The van der Waals surface area contributed by atoms with E-state index in [4.69, 9.17) is 30.5 Å². The summed E-state index contributed by atoms with van der Waals surface area (Å²) in [4.78, 5) is 38.4. The van der Waals surface area contributed by atoms with Crippen molar-refractivity contribution in [3.63, 3.8) is 0 Å². The van der Waals surface area contributed by atoms with Crippen molar-refractivity contribution in [3.8, 4) is 28.4 Å². The summed E-state index contributed by atoms with van der Waals surface area (Å²) < 4.78 is 78.3. The van der Waals surface area contributed by atoms with E-state index in [1.54, 1.807) is 11.1 Å². The van der Waals surface area contributed by atoms with Gasteiger partial charge in [-0.15, -0.1) is 0 Å². The van der Waals surface area contributed by atoms with Crippen LogP contribution in [-0.4, -0.2) is 35.0 Å². The molecule has 3 aromatic rings. The zero-order valence-corrected chi connectivity index (χ0v) is 21.2. The van der Waals surface area contributed by atoms with E-state index in [1.165, 1.54) is 25.3 Å². The van der Waals surface area contributed by atoms with E-state index in [2.05, 4.69) is 0 Å². The van der Waals surface area contributed by atoms with Crippen LogP contribution in [0.15, 0.2) is 46.0 Å². The summed E-state index contributed by atoms with van der Waals surface area (Å²) in [5, 5.41) is -0.353. The maximum absolute atomic E-state index is 14.9. The minimum Gasteiger partial charge on any atom is -0.458 e. The van der Waals surface area contributed by atoms with Gasteiger partial charge in [0.15, 0.2) is 11.5 Å². The van der Waals surface area contributed by atoms with Crippen LogP contribution in [0.25, 0.3) is 11.1 Å². The maximum Gasteiger partial charge on any atom is 0.432 e. The largest absolute Gasteiger partial charge is 0.458 e. The van der Waals surface area contributed by atoms with Gasteiger partial charge in [0, 0.05) is 19.7 Å². The lowest BCUT2D eigenvalue weighted by Gasteiger charge is -2.27. The van der Waals surface area contributed by atoms with Gasteiger partial charge in [-0.1, -0.05) is 23.7 Å². The van der Waals surface area contributed by atoms with Crippen molar-refractivity contribution in [2.45, 2.75) is 37.8 Å². The lowest BCUT2D eigenvalue weighted by atomic mass is 9.96. The molecule has 1 saturated carbocycles. The summed E-state index contributed by atoms with van der Waals surface area (Å²) in [7, 11) is 2.01. The molecule has 4 rings (SSSR count). The Bertz CT molecular complexity index is 1520. The number of rotatable bonds is 8. The van der Waals surface area contributed by atoms with Gasteiger partial charge >= 0.3 is 17.8 Å². The molecule has 2 aromatic carbocycles. The van der Waals surface area contributed by atoms with Gasteiger partial charge in [-0.05, 0) is 43.5 Å². The summed E-state index contributed by atoms with van der Waals surface area (Å²) in [6, 6.07) is 7.32. The third-order valence-electron chi connectivity index (χ3n) is 5.93. The van der Waals surface area contributed by atoms with Gasteiger partial charge in [0.1, 0.15) is 23.4 Å². The Hall–Kier alpha value is -3.84. The number of aromatic nitrogens is 2. The third kappa shape index (κ3) is 5.93. The van der Waals surface area contributed by atoms with E-state index in [0.29, 0.717) is 6.07 Å². The number of para-hydroxylation sites is 2. The molecule has 208 valence electrons. The van der Waals surface area contributed by atoms with Crippen molar-refractivity contribution in [1.29, 1.82) is 0 Å². The molecule has 0 amide bonds. The van der Waals surface area contributed by atoms with Crippen LogP contribution >= 0.6 is 11.6 Å². The highest BCUT2D eigenvalue weighted by atomic mass is 35.5. The quantitative estimate of drug-likeness (QED) is 0.235. The van der Waals surface area contributed by atoms with Crippen LogP contribution in [0.4, 0.5) is 17.6 Å². The Balaban J connectivity index is 1.72. The SMILES string of the molecule is COC(Oc1ccccc1Oc1cc(-c2c(C(F)(F)F)n(C)c(=O)[nH]c2=O)c(F)cc1Cl)C(=O)OC1CCC1. The highest BCUT2D eigenvalue weighted by Crippen LogP contribution is 2.41. The molecule has 1 N–H and O–H groups in total. The molecule has 1 aromatic heterocycles. The highest BCUT2D eigenvalue weighted by Gasteiger charge is 2.39. The zero-order valence-electron chi connectivity index (χ0n) is 20.4. The number of benzene rings is 2. The number of alkyl halides is 3. The van der Waals surface area contributed by atoms with Crippen molar-refractivity contribution in [3.05, 3.63) is 73.8 Å². The van der Waals surface area contributed by atoms with E-state index in [0.717, 1.165) is 32.4 Å². The molecule has 1 unspecified atom stereocenters. The minimum absolute atomic E-state index is 0.0345. The standard InChI is InChI=1S/C25H21ClF4N2O7/c1-32-20(25(28,29)30)19(21(33)31-24(32)35)13-10-18(14(26)11-15(13)27)38-16-8-3-4-9-17(16)39-23(36-2)22(34)37-12-6-5-7-12/h3-4,8-12,23H,5-7H2,1-2H3,(H,31,33,35). The van der Waals surface area contributed by atoms with Crippen LogP contribution < -0.4 is 20.7 Å². The first-order valence-corrected chi connectivity index (χ1v) is 11.8. The van der Waals surface area contributed by atoms with Crippen molar-refractivity contribution in [2.75, 3.05) is 7.11 Å². The molecule has 1 aliphatic carbocycles. The number of aromatic amines is 1. The molecule has 0 spiro atoms. The molecule has 9 nitrogen and oxygen atoms in total. The molecule has 0 aliphatic heterocycles. The summed E-state index contributed by atoms with van der Waals surface area (Å²) in [5.41, 5.74) is -6.44. The second kappa shape index (κ2) is 11.1. The summed E-state index contributed by atoms with van der Waals surface area (Å²) >= 11 is 6.11. The molecule has 0 radical (unpaired) electrons. The van der Waals surface area contributed by atoms with Crippen LogP contribution in [0.5, 0.6) is 17.2 Å². The van der Waals surface area contributed by atoms with Gasteiger partial charge in [0.2, 0.25) is 0 Å². The number of methoxy groups -OCH3 is 1. The number of hydrogen-bond acceptors (Lipinski definition) is 7. The predicted octanol–water partition coefficient (Wildman–Crippen LogP) is 4.79. The molecule has 1 heterocycles. The summed E-state index contributed by atoms with van der Waals surface area (Å²) in [5.74, 6) is -2.50. The van der Waals surface area contributed by atoms with Crippen molar-refractivity contribution in [2.24, 2.45) is 7.05 Å². The molecule has 0 bridgehead atoms. The molecular weight excluding hydrogens is 552 g/mol. The average molecular weight is 573 g/mol. The van der Waals surface area contributed by atoms with E-state index >= 15 is 0 Å². The van der Waals surface area contributed by atoms with Crippen LogP contribution in [0, 0.1) is 5.82 Å². The van der Waals surface area contributed by atoms with Gasteiger partial charge in [-0.3, -0.25) is 14.3 Å². The molecular formula is C25H21ClF4N2O7. The fourth-order valence-corrected chi connectivity index (χ4v) is 3.96. The number of esters is 1. The molecule has 39 heavy (non-hydrogen) atoms. The lowest BCUT2D eigenvalue weighted by Crippen LogP contribution is -2.36. The fourth-order valence-electron chi connectivity index (χ4n) is 3.77. The Morgan fingerprint density at radius 3 is 2.38 bits per heavy atom. The lowest BCUT2D eigenvalue weighted by molar-refractivity contribution is -0.182. The Labute approximate surface area is 222 Å². The van der Waals surface area contributed by atoms with Crippen LogP contribution in [-0.2, 0) is 27.5 Å². The van der Waals surface area contributed by atoms with Gasteiger partial charge in [0.05, 0.1) is 10.6 Å². The van der Waals surface area contributed by atoms with Crippen molar-refractivity contribution < 1.29 is 41.3 Å². The van der Waals surface area contributed by atoms with Crippen LogP contribution in [0.3, 0.4) is 0 Å². The Morgan fingerprint density at radius 2 is 1.79 bits per heavy atom. The van der Waals surface area contributed by atoms with Gasteiger partial charge in [-0.25, -0.2) is 14.0 Å². The molecule has 14 heteroatoms. The first-order chi connectivity index (χ1) is 18.4. The first-order valence-electron chi connectivity index (χ1n) is 11.5. The second-order valence-corrected chi connectivity index (χ2v) is 8.93. The smallest absolute Gasteiger partial charge is 0.432 e. The number of nitrogens with zero attached hydrogens (tertiary/aromatic N) is 1. The molecule has 0 saturated heterocycles. The van der Waals surface area contributed by atoms with Crippen LogP contribution in [0.2, 0.25) is 5.02 Å². The number of H-pyrrole nitrogens is 1. The van der Waals surface area contributed by atoms with Gasteiger partial charge in [0.25, 0.3) is 11.8 Å². The van der Waals surface area contributed by atoms with E-state index < -0.39 is 52.3 Å². The molecule has 1 aliphatic rings. The highest BCUT2D eigenvalue weighted by molar-refractivity contribution is 6.32. The fraction of sp³-hybridized carbons (Fsp3) is 0.320. The first kappa shape index (κ1) is 28.2. The number of hydrogen-bond donors (Lipinski definition) is 1. The molecule has 1 fully saturated rings. The number of halogens is 5. The number of ether oxygens (including phenoxy) is 4. The Kier molecular flexibility index (Phi) is 8.02. The van der Waals surface area contributed by atoms with Crippen molar-refractivity contribution >= 4 is 17.6 Å². The number of carbonyl (C=O) groups excluding carboxylic acids is 1. The van der Waals surface area contributed by atoms with E-state index in [1.807, 2.05) is 0 Å².